The molecule has 0 aliphatic carbocycles. The lowest BCUT2D eigenvalue weighted by atomic mass is 10.2. The van der Waals surface area contributed by atoms with E-state index in [1.807, 2.05) is 26.1 Å². The van der Waals surface area contributed by atoms with Crippen molar-refractivity contribution in [1.29, 1.82) is 0 Å². The van der Waals surface area contributed by atoms with E-state index in [4.69, 9.17) is 4.74 Å². The number of imidazole rings is 1. The van der Waals surface area contributed by atoms with Crippen LogP contribution in [0.2, 0.25) is 0 Å². The topological polar surface area (TPSA) is 39.1 Å². The number of aromatic nitrogens is 2. The largest absolute Gasteiger partial charge is 0.382 e. The van der Waals surface area contributed by atoms with Crippen molar-refractivity contribution in [3.05, 3.63) is 47.5 Å². The number of aryl methyl sites for hydroxylation is 2. The number of hydrogen-bond acceptors (Lipinski definition) is 3. The standard InChI is InChI=1S/C16H22FN3O/c1-3-21-10-6-9-20-12-13(2)19-16(20)18-11-14-7-4-5-8-15(14)17/h4-5,7-8,12H,3,6,9-11H2,1-2H3,(H,18,19). The molecule has 114 valence electrons. The Morgan fingerprint density at radius 2 is 2.14 bits per heavy atom. The molecule has 2 rings (SSSR count). The van der Waals surface area contributed by atoms with Crippen LogP contribution < -0.4 is 5.32 Å². The Bertz CT molecular complexity index is 568. The summed E-state index contributed by atoms with van der Waals surface area (Å²) >= 11 is 0. The zero-order valence-electron chi connectivity index (χ0n) is 12.6. The van der Waals surface area contributed by atoms with Crippen molar-refractivity contribution in [3.63, 3.8) is 0 Å². The molecule has 1 aromatic heterocycles. The summed E-state index contributed by atoms with van der Waals surface area (Å²) in [7, 11) is 0. The van der Waals surface area contributed by atoms with E-state index in [2.05, 4.69) is 14.9 Å². The van der Waals surface area contributed by atoms with Crippen LogP contribution in [0.3, 0.4) is 0 Å². The van der Waals surface area contributed by atoms with E-state index in [-0.39, 0.29) is 5.82 Å². The Morgan fingerprint density at radius 3 is 2.90 bits per heavy atom. The number of halogens is 1. The van der Waals surface area contributed by atoms with Crippen LogP contribution in [0.25, 0.3) is 0 Å². The highest BCUT2D eigenvalue weighted by Gasteiger charge is 2.07. The zero-order chi connectivity index (χ0) is 15.1. The van der Waals surface area contributed by atoms with Crippen LogP contribution in [0, 0.1) is 12.7 Å². The molecule has 0 aliphatic rings. The summed E-state index contributed by atoms with van der Waals surface area (Å²) in [4.78, 5) is 4.44. The minimum Gasteiger partial charge on any atom is -0.382 e. The molecule has 2 aromatic rings. The van der Waals surface area contributed by atoms with Gasteiger partial charge in [-0.2, -0.15) is 0 Å². The van der Waals surface area contributed by atoms with Gasteiger partial charge < -0.3 is 14.6 Å². The molecule has 0 fully saturated rings. The number of hydrogen-bond donors (Lipinski definition) is 1. The number of ether oxygens (including phenoxy) is 1. The van der Waals surface area contributed by atoms with Gasteiger partial charge in [-0.25, -0.2) is 9.37 Å². The molecule has 0 unspecified atom stereocenters. The number of rotatable bonds is 8. The van der Waals surface area contributed by atoms with E-state index in [0.29, 0.717) is 12.1 Å². The van der Waals surface area contributed by atoms with Crippen LogP contribution in [0.15, 0.2) is 30.5 Å². The molecule has 0 atom stereocenters. The monoisotopic (exact) mass is 291 g/mol. The normalized spacial score (nSPS) is 10.8. The van der Waals surface area contributed by atoms with Crippen molar-refractivity contribution < 1.29 is 9.13 Å². The minimum absolute atomic E-state index is 0.198. The smallest absolute Gasteiger partial charge is 0.203 e. The highest BCUT2D eigenvalue weighted by atomic mass is 19.1. The van der Waals surface area contributed by atoms with Gasteiger partial charge in [-0.3, -0.25) is 0 Å². The molecule has 0 radical (unpaired) electrons. The Morgan fingerprint density at radius 1 is 1.33 bits per heavy atom. The lowest BCUT2D eigenvalue weighted by Gasteiger charge is -2.10. The second kappa shape index (κ2) is 7.78. The summed E-state index contributed by atoms with van der Waals surface area (Å²) < 4.78 is 21.0. The second-order valence-corrected chi connectivity index (χ2v) is 4.89. The summed E-state index contributed by atoms with van der Waals surface area (Å²) in [6.45, 7) is 6.67. The van der Waals surface area contributed by atoms with Crippen LogP contribution in [0.1, 0.15) is 24.6 Å². The maximum Gasteiger partial charge on any atom is 0.203 e. The second-order valence-electron chi connectivity index (χ2n) is 4.89. The number of benzene rings is 1. The molecule has 21 heavy (non-hydrogen) atoms. The highest BCUT2D eigenvalue weighted by Crippen LogP contribution is 2.13. The number of anilines is 1. The van der Waals surface area contributed by atoms with Crippen molar-refractivity contribution in [2.45, 2.75) is 33.4 Å². The average molecular weight is 291 g/mol. The molecule has 4 nitrogen and oxygen atoms in total. The van der Waals surface area contributed by atoms with Gasteiger partial charge >= 0.3 is 0 Å². The molecule has 0 spiro atoms. The fourth-order valence-corrected chi connectivity index (χ4v) is 2.16. The van der Waals surface area contributed by atoms with E-state index in [1.54, 1.807) is 12.1 Å². The fourth-order valence-electron chi connectivity index (χ4n) is 2.16. The molecule has 1 aromatic carbocycles. The van der Waals surface area contributed by atoms with E-state index < -0.39 is 0 Å². The van der Waals surface area contributed by atoms with Crippen molar-refractivity contribution in [2.75, 3.05) is 18.5 Å². The maximum atomic E-state index is 13.6. The van der Waals surface area contributed by atoms with Crippen LogP contribution in [0.5, 0.6) is 0 Å². The van der Waals surface area contributed by atoms with Crippen LogP contribution in [-0.4, -0.2) is 22.8 Å². The van der Waals surface area contributed by atoms with Crippen molar-refractivity contribution in [3.8, 4) is 0 Å². The maximum absolute atomic E-state index is 13.6. The number of nitrogens with one attached hydrogen (secondary N) is 1. The van der Waals surface area contributed by atoms with E-state index in [0.717, 1.165) is 37.8 Å². The van der Waals surface area contributed by atoms with Gasteiger partial charge in [0, 0.05) is 38.1 Å². The van der Waals surface area contributed by atoms with Gasteiger partial charge in [-0.1, -0.05) is 18.2 Å². The van der Waals surface area contributed by atoms with Gasteiger partial charge in [0.1, 0.15) is 5.82 Å². The molecule has 0 saturated carbocycles. The van der Waals surface area contributed by atoms with Crippen molar-refractivity contribution in [1.82, 2.24) is 9.55 Å². The van der Waals surface area contributed by atoms with Crippen molar-refractivity contribution >= 4 is 5.95 Å². The molecule has 1 heterocycles. The summed E-state index contributed by atoms with van der Waals surface area (Å²) in [6.07, 6.45) is 2.92. The summed E-state index contributed by atoms with van der Waals surface area (Å²) in [5.74, 6) is 0.573. The van der Waals surface area contributed by atoms with Gasteiger partial charge in [-0.05, 0) is 26.3 Å². The quantitative estimate of drug-likeness (QED) is 0.758. The predicted octanol–water partition coefficient (Wildman–Crippen LogP) is 3.37. The van der Waals surface area contributed by atoms with Gasteiger partial charge in [0.25, 0.3) is 0 Å². The van der Waals surface area contributed by atoms with Gasteiger partial charge in [-0.15, -0.1) is 0 Å². The molecule has 1 N–H and O–H groups in total. The first-order valence-corrected chi connectivity index (χ1v) is 7.29. The summed E-state index contributed by atoms with van der Waals surface area (Å²) in [6, 6.07) is 6.77. The van der Waals surface area contributed by atoms with E-state index in [1.165, 1.54) is 6.07 Å². The molecular formula is C16H22FN3O. The van der Waals surface area contributed by atoms with E-state index >= 15 is 0 Å². The predicted molar refractivity (Wildman–Crippen MR) is 81.8 cm³/mol. The first-order valence-electron chi connectivity index (χ1n) is 7.29. The lowest BCUT2D eigenvalue weighted by Crippen LogP contribution is -2.09. The Kier molecular flexibility index (Phi) is 5.75. The molecular weight excluding hydrogens is 269 g/mol. The van der Waals surface area contributed by atoms with Gasteiger partial charge in [0.2, 0.25) is 5.95 Å². The fraction of sp³-hybridized carbons (Fsp3) is 0.438. The molecule has 0 aliphatic heterocycles. The third-order valence-electron chi connectivity index (χ3n) is 3.18. The molecule has 0 saturated heterocycles. The van der Waals surface area contributed by atoms with Crippen molar-refractivity contribution in [2.24, 2.45) is 0 Å². The first-order chi connectivity index (χ1) is 10.2. The molecule has 5 heteroatoms. The average Bonchev–Trinajstić information content (AvgIpc) is 2.83. The summed E-state index contributed by atoms with van der Waals surface area (Å²) in [5.41, 5.74) is 1.58. The highest BCUT2D eigenvalue weighted by molar-refractivity contribution is 5.31. The third-order valence-corrected chi connectivity index (χ3v) is 3.18. The van der Waals surface area contributed by atoms with Crippen LogP contribution >= 0.6 is 0 Å². The summed E-state index contributed by atoms with van der Waals surface area (Å²) in [5, 5.41) is 3.20. The number of nitrogens with zero attached hydrogens (tertiary/aromatic N) is 2. The van der Waals surface area contributed by atoms with Gasteiger partial charge in [0.15, 0.2) is 0 Å². The lowest BCUT2D eigenvalue weighted by molar-refractivity contribution is 0.142. The third kappa shape index (κ3) is 4.56. The first kappa shape index (κ1) is 15.5. The van der Waals surface area contributed by atoms with Gasteiger partial charge in [0.05, 0.1) is 5.69 Å². The Labute approximate surface area is 125 Å². The minimum atomic E-state index is -0.198. The Balaban J connectivity index is 1.95. The van der Waals surface area contributed by atoms with Crippen LogP contribution in [0.4, 0.5) is 10.3 Å². The Hall–Kier alpha value is -1.88. The molecule has 0 amide bonds. The molecule has 0 bridgehead atoms. The SMILES string of the molecule is CCOCCCn1cc(C)nc1NCc1ccccc1F. The zero-order valence-corrected chi connectivity index (χ0v) is 12.6. The van der Waals surface area contributed by atoms with E-state index in [9.17, 15) is 4.39 Å². The van der Waals surface area contributed by atoms with Crippen LogP contribution in [-0.2, 0) is 17.8 Å².